The zero-order valence-electron chi connectivity index (χ0n) is 10.4. The molecule has 0 aliphatic rings. The van der Waals surface area contributed by atoms with Crippen LogP contribution in [0.25, 0.3) is 0 Å². The molecular weight excluding hydrogens is 305 g/mol. The summed E-state index contributed by atoms with van der Waals surface area (Å²) in [7, 11) is -3.88. The van der Waals surface area contributed by atoms with Crippen molar-refractivity contribution in [1.29, 1.82) is 0 Å². The minimum Gasteiger partial charge on any atom is -0.506 e. The van der Waals surface area contributed by atoms with Gasteiger partial charge in [-0.3, -0.25) is 4.72 Å². The van der Waals surface area contributed by atoms with E-state index in [1.807, 2.05) is 0 Å². The minimum absolute atomic E-state index is 0.0392. The van der Waals surface area contributed by atoms with E-state index in [1.165, 1.54) is 12.1 Å². The molecule has 2 rings (SSSR count). The average Bonchev–Trinajstić information content (AvgIpc) is 2.36. The Labute approximate surface area is 120 Å². The molecule has 2 aromatic rings. The van der Waals surface area contributed by atoms with Crippen LogP contribution in [0.2, 0.25) is 5.02 Å². The average molecular weight is 316 g/mol. The monoisotopic (exact) mass is 315 g/mol. The van der Waals surface area contributed by atoms with Crippen molar-refractivity contribution in [3.8, 4) is 5.75 Å². The molecule has 0 radical (unpaired) electrons. The van der Waals surface area contributed by atoms with Gasteiger partial charge in [-0.1, -0.05) is 23.7 Å². The van der Waals surface area contributed by atoms with Gasteiger partial charge in [-0.2, -0.15) is 0 Å². The lowest BCUT2D eigenvalue weighted by Crippen LogP contribution is -2.13. The number of hydrogen-bond acceptors (Lipinski definition) is 3. The summed E-state index contributed by atoms with van der Waals surface area (Å²) in [4.78, 5) is 0.0392. The standard InChI is InChI=1S/C13H11ClFNO3S/c1-8-3-2-4-9(5-8)20(18,19)16-12-6-10(14)11(15)7-13(12)17/h2-7,16-17H,1H3. The molecule has 7 heteroatoms. The fourth-order valence-electron chi connectivity index (χ4n) is 1.60. The quantitative estimate of drug-likeness (QED) is 0.854. The van der Waals surface area contributed by atoms with Gasteiger partial charge in [0, 0.05) is 6.07 Å². The Hall–Kier alpha value is -1.79. The van der Waals surface area contributed by atoms with Gasteiger partial charge in [-0.15, -0.1) is 0 Å². The van der Waals surface area contributed by atoms with Crippen molar-refractivity contribution in [2.75, 3.05) is 4.72 Å². The molecule has 0 bridgehead atoms. The number of aromatic hydroxyl groups is 1. The Morgan fingerprint density at radius 1 is 1.25 bits per heavy atom. The summed E-state index contributed by atoms with van der Waals surface area (Å²) in [6.45, 7) is 1.76. The molecule has 0 aliphatic carbocycles. The number of phenols is 1. The van der Waals surface area contributed by atoms with Gasteiger partial charge in [0.25, 0.3) is 10.0 Å². The van der Waals surface area contributed by atoms with Crippen LogP contribution in [0.3, 0.4) is 0 Å². The molecule has 0 unspecified atom stereocenters. The molecule has 0 amide bonds. The lowest BCUT2D eigenvalue weighted by molar-refractivity contribution is 0.471. The number of rotatable bonds is 3. The first-order chi connectivity index (χ1) is 9.29. The van der Waals surface area contributed by atoms with E-state index in [1.54, 1.807) is 19.1 Å². The van der Waals surface area contributed by atoms with Gasteiger partial charge in [0.2, 0.25) is 0 Å². The van der Waals surface area contributed by atoms with Gasteiger partial charge < -0.3 is 5.11 Å². The highest BCUT2D eigenvalue weighted by molar-refractivity contribution is 7.92. The molecule has 20 heavy (non-hydrogen) atoms. The van der Waals surface area contributed by atoms with Crippen molar-refractivity contribution < 1.29 is 17.9 Å². The lowest BCUT2D eigenvalue weighted by Gasteiger charge is -2.10. The van der Waals surface area contributed by atoms with Crippen molar-refractivity contribution in [2.24, 2.45) is 0 Å². The van der Waals surface area contributed by atoms with E-state index < -0.39 is 21.6 Å². The Kier molecular flexibility index (Phi) is 3.87. The Morgan fingerprint density at radius 2 is 1.95 bits per heavy atom. The third kappa shape index (κ3) is 3.02. The Morgan fingerprint density at radius 3 is 2.60 bits per heavy atom. The van der Waals surface area contributed by atoms with E-state index in [9.17, 15) is 17.9 Å². The van der Waals surface area contributed by atoms with E-state index >= 15 is 0 Å². The number of nitrogens with one attached hydrogen (secondary N) is 1. The van der Waals surface area contributed by atoms with Crippen LogP contribution in [0.5, 0.6) is 5.75 Å². The number of anilines is 1. The van der Waals surface area contributed by atoms with Gasteiger partial charge in [-0.25, -0.2) is 12.8 Å². The molecule has 2 aromatic carbocycles. The Balaban J connectivity index is 2.41. The second kappa shape index (κ2) is 5.30. The van der Waals surface area contributed by atoms with Crippen molar-refractivity contribution >= 4 is 27.3 Å². The second-order valence-corrected chi connectivity index (χ2v) is 6.30. The van der Waals surface area contributed by atoms with Gasteiger partial charge in [0.05, 0.1) is 15.6 Å². The summed E-state index contributed by atoms with van der Waals surface area (Å²) >= 11 is 5.56. The van der Waals surface area contributed by atoms with E-state index in [2.05, 4.69) is 4.72 Å². The first-order valence-corrected chi connectivity index (χ1v) is 7.43. The van der Waals surface area contributed by atoms with E-state index in [-0.39, 0.29) is 15.6 Å². The van der Waals surface area contributed by atoms with Crippen molar-refractivity contribution in [2.45, 2.75) is 11.8 Å². The zero-order valence-corrected chi connectivity index (χ0v) is 12.0. The molecule has 106 valence electrons. The van der Waals surface area contributed by atoms with Crippen LogP contribution in [-0.2, 0) is 10.0 Å². The summed E-state index contributed by atoms with van der Waals surface area (Å²) in [6.07, 6.45) is 0. The van der Waals surface area contributed by atoms with Crippen LogP contribution in [0, 0.1) is 12.7 Å². The van der Waals surface area contributed by atoms with E-state index in [0.29, 0.717) is 0 Å². The van der Waals surface area contributed by atoms with Crippen molar-refractivity contribution in [1.82, 2.24) is 0 Å². The van der Waals surface area contributed by atoms with Crippen LogP contribution in [-0.4, -0.2) is 13.5 Å². The van der Waals surface area contributed by atoms with Crippen LogP contribution in [0.15, 0.2) is 41.3 Å². The molecule has 0 fully saturated rings. The lowest BCUT2D eigenvalue weighted by atomic mass is 10.2. The third-order valence-corrected chi connectivity index (χ3v) is 4.24. The summed E-state index contributed by atoms with van der Waals surface area (Å²) in [5.41, 5.74) is 0.590. The number of benzene rings is 2. The summed E-state index contributed by atoms with van der Waals surface area (Å²) in [5, 5.41) is 9.27. The third-order valence-electron chi connectivity index (χ3n) is 2.58. The highest BCUT2D eigenvalue weighted by atomic mass is 35.5. The first kappa shape index (κ1) is 14.6. The SMILES string of the molecule is Cc1cccc(S(=O)(=O)Nc2cc(Cl)c(F)cc2O)c1. The first-order valence-electron chi connectivity index (χ1n) is 5.57. The van der Waals surface area contributed by atoms with Gasteiger partial charge in [0.1, 0.15) is 11.6 Å². The highest BCUT2D eigenvalue weighted by Gasteiger charge is 2.17. The molecule has 0 aromatic heterocycles. The molecule has 0 saturated carbocycles. The van der Waals surface area contributed by atoms with Crippen molar-refractivity contribution in [3.05, 3.63) is 52.8 Å². The smallest absolute Gasteiger partial charge is 0.262 e. The number of hydrogen-bond donors (Lipinski definition) is 2. The molecule has 0 saturated heterocycles. The summed E-state index contributed by atoms with van der Waals surface area (Å²) in [5.74, 6) is -1.37. The zero-order chi connectivity index (χ0) is 14.9. The number of sulfonamides is 1. The predicted molar refractivity (Wildman–Crippen MR) is 75.1 cm³/mol. The maximum atomic E-state index is 13.1. The fraction of sp³-hybridized carbons (Fsp3) is 0.0769. The maximum absolute atomic E-state index is 13.1. The van der Waals surface area contributed by atoms with Crippen molar-refractivity contribution in [3.63, 3.8) is 0 Å². The van der Waals surface area contributed by atoms with Crippen LogP contribution in [0.1, 0.15) is 5.56 Å². The number of phenolic OH excluding ortho intramolecular Hbond substituents is 1. The topological polar surface area (TPSA) is 66.4 Å². The summed E-state index contributed by atoms with van der Waals surface area (Å²) < 4.78 is 39.6. The summed E-state index contributed by atoms with van der Waals surface area (Å²) in [6, 6.07) is 8.00. The van der Waals surface area contributed by atoms with E-state index in [0.717, 1.165) is 17.7 Å². The van der Waals surface area contributed by atoms with E-state index in [4.69, 9.17) is 11.6 Å². The molecule has 0 atom stereocenters. The largest absolute Gasteiger partial charge is 0.506 e. The predicted octanol–water partition coefficient (Wildman–Crippen LogP) is 3.29. The molecule has 0 aliphatic heterocycles. The number of halogens is 2. The fourth-order valence-corrected chi connectivity index (χ4v) is 2.94. The van der Waals surface area contributed by atoms with Crippen LogP contribution < -0.4 is 4.72 Å². The molecular formula is C13H11ClFNO3S. The van der Waals surface area contributed by atoms with Gasteiger partial charge >= 0.3 is 0 Å². The minimum atomic E-state index is -3.88. The highest BCUT2D eigenvalue weighted by Crippen LogP contribution is 2.31. The molecule has 0 heterocycles. The second-order valence-electron chi connectivity index (χ2n) is 4.21. The number of aryl methyl sites for hydroxylation is 1. The maximum Gasteiger partial charge on any atom is 0.262 e. The molecule has 0 spiro atoms. The Bertz CT molecular complexity index is 762. The molecule has 2 N–H and O–H groups in total. The molecule has 4 nitrogen and oxygen atoms in total. The van der Waals surface area contributed by atoms with Crippen LogP contribution in [0.4, 0.5) is 10.1 Å². The normalized spacial score (nSPS) is 11.3. The van der Waals surface area contributed by atoms with Crippen LogP contribution >= 0.6 is 11.6 Å². The van der Waals surface area contributed by atoms with Gasteiger partial charge in [0.15, 0.2) is 0 Å². The van der Waals surface area contributed by atoms with Gasteiger partial charge in [-0.05, 0) is 30.7 Å².